The third kappa shape index (κ3) is 4.39. The summed E-state index contributed by atoms with van der Waals surface area (Å²) in [6.07, 6.45) is 1.15. The van der Waals surface area contributed by atoms with E-state index >= 15 is 0 Å². The lowest BCUT2D eigenvalue weighted by atomic mass is 9.88. The van der Waals surface area contributed by atoms with Crippen molar-refractivity contribution in [2.75, 3.05) is 0 Å². The minimum absolute atomic E-state index is 0.0798. The molecule has 0 fully saturated rings. The van der Waals surface area contributed by atoms with Crippen molar-refractivity contribution in [2.45, 2.75) is 52.0 Å². The van der Waals surface area contributed by atoms with Crippen LogP contribution >= 0.6 is 0 Å². The molecule has 0 aliphatic heterocycles. The topological polar surface area (TPSA) is 92.4 Å². The molecule has 1 aromatic heterocycles. The number of carbonyl (C=O) groups is 2. The Labute approximate surface area is 112 Å². The van der Waals surface area contributed by atoms with Gasteiger partial charge in [0.25, 0.3) is 0 Å². The molecule has 19 heavy (non-hydrogen) atoms. The Balaban J connectivity index is 2.68. The van der Waals surface area contributed by atoms with Crippen LogP contribution < -0.4 is 5.32 Å². The van der Waals surface area contributed by atoms with E-state index in [2.05, 4.69) is 10.5 Å². The SMILES string of the molecule is CCC(CC)(CC(=O)O)NC(=O)Cc1cc(C)on1. The lowest BCUT2D eigenvalue weighted by molar-refractivity contribution is -0.139. The van der Waals surface area contributed by atoms with Gasteiger partial charge in [0.1, 0.15) is 5.76 Å². The van der Waals surface area contributed by atoms with E-state index in [4.69, 9.17) is 9.63 Å². The Morgan fingerprint density at radius 2 is 2.05 bits per heavy atom. The van der Waals surface area contributed by atoms with Crippen LogP contribution in [0.25, 0.3) is 0 Å². The van der Waals surface area contributed by atoms with E-state index in [1.165, 1.54) is 0 Å². The molecule has 1 amide bonds. The van der Waals surface area contributed by atoms with E-state index in [9.17, 15) is 9.59 Å². The van der Waals surface area contributed by atoms with Crippen LogP contribution in [0.3, 0.4) is 0 Å². The third-order valence-electron chi connectivity index (χ3n) is 3.27. The highest BCUT2D eigenvalue weighted by molar-refractivity contribution is 5.80. The smallest absolute Gasteiger partial charge is 0.305 e. The zero-order chi connectivity index (χ0) is 14.5. The molecule has 1 heterocycles. The Morgan fingerprint density at radius 3 is 2.47 bits per heavy atom. The molecule has 0 radical (unpaired) electrons. The first-order valence-electron chi connectivity index (χ1n) is 6.36. The zero-order valence-electron chi connectivity index (χ0n) is 11.5. The van der Waals surface area contributed by atoms with E-state index in [0.717, 1.165) is 0 Å². The van der Waals surface area contributed by atoms with E-state index in [1.54, 1.807) is 13.0 Å². The molecule has 0 saturated carbocycles. The summed E-state index contributed by atoms with van der Waals surface area (Å²) in [5.41, 5.74) is -0.145. The predicted molar refractivity (Wildman–Crippen MR) is 68.7 cm³/mol. The average molecular weight is 268 g/mol. The number of rotatable bonds is 7. The quantitative estimate of drug-likeness (QED) is 0.784. The highest BCUT2D eigenvalue weighted by Crippen LogP contribution is 2.20. The van der Waals surface area contributed by atoms with Crippen LogP contribution in [0, 0.1) is 6.92 Å². The highest BCUT2D eigenvalue weighted by atomic mass is 16.5. The van der Waals surface area contributed by atoms with Gasteiger partial charge in [-0.1, -0.05) is 19.0 Å². The molecule has 0 aliphatic carbocycles. The Hall–Kier alpha value is -1.85. The first-order chi connectivity index (χ1) is 8.90. The van der Waals surface area contributed by atoms with Gasteiger partial charge in [-0.25, -0.2) is 0 Å². The van der Waals surface area contributed by atoms with E-state index in [-0.39, 0.29) is 18.7 Å². The van der Waals surface area contributed by atoms with Gasteiger partial charge in [0.05, 0.1) is 18.5 Å². The maximum atomic E-state index is 12.0. The van der Waals surface area contributed by atoms with Gasteiger partial charge in [-0.3, -0.25) is 9.59 Å². The molecule has 0 atom stereocenters. The monoisotopic (exact) mass is 268 g/mol. The first-order valence-corrected chi connectivity index (χ1v) is 6.36. The van der Waals surface area contributed by atoms with Gasteiger partial charge in [0, 0.05) is 11.6 Å². The van der Waals surface area contributed by atoms with Crippen molar-refractivity contribution in [1.82, 2.24) is 10.5 Å². The third-order valence-corrected chi connectivity index (χ3v) is 3.27. The molecule has 2 N–H and O–H groups in total. The number of aliphatic carboxylic acids is 1. The number of hydrogen-bond donors (Lipinski definition) is 2. The van der Waals surface area contributed by atoms with E-state index < -0.39 is 11.5 Å². The summed E-state index contributed by atoms with van der Waals surface area (Å²) in [4.78, 5) is 22.8. The Kier molecular flexibility index (Phi) is 5.09. The molecule has 0 spiro atoms. The van der Waals surface area contributed by atoms with Gasteiger partial charge in [0.15, 0.2) is 0 Å². The van der Waals surface area contributed by atoms with Gasteiger partial charge in [0.2, 0.25) is 5.91 Å². The van der Waals surface area contributed by atoms with Crippen LogP contribution in [0.2, 0.25) is 0 Å². The second-order valence-corrected chi connectivity index (χ2v) is 4.71. The van der Waals surface area contributed by atoms with Crippen molar-refractivity contribution in [3.63, 3.8) is 0 Å². The van der Waals surface area contributed by atoms with Gasteiger partial charge < -0.3 is 14.9 Å². The number of hydrogen-bond acceptors (Lipinski definition) is 4. The fourth-order valence-corrected chi connectivity index (χ4v) is 2.02. The van der Waals surface area contributed by atoms with Gasteiger partial charge in [-0.15, -0.1) is 0 Å². The van der Waals surface area contributed by atoms with Gasteiger partial charge >= 0.3 is 5.97 Å². The standard InChI is InChI=1S/C13H20N2O4/c1-4-13(5-2,8-12(17)18)14-11(16)7-10-6-9(3)19-15-10/h6H,4-5,7-8H2,1-3H3,(H,14,16)(H,17,18). The molecule has 106 valence electrons. The van der Waals surface area contributed by atoms with Crippen molar-refractivity contribution in [3.8, 4) is 0 Å². The minimum atomic E-state index is -0.915. The summed E-state index contributed by atoms with van der Waals surface area (Å²) < 4.78 is 4.89. The molecular formula is C13H20N2O4. The molecule has 0 saturated heterocycles. The van der Waals surface area contributed by atoms with Crippen LogP contribution in [0.4, 0.5) is 0 Å². The zero-order valence-corrected chi connectivity index (χ0v) is 11.5. The normalized spacial score (nSPS) is 11.3. The number of carbonyl (C=O) groups excluding carboxylic acids is 1. The average Bonchev–Trinajstić information content (AvgIpc) is 2.73. The number of aromatic nitrogens is 1. The largest absolute Gasteiger partial charge is 0.481 e. The second kappa shape index (κ2) is 6.36. The molecular weight excluding hydrogens is 248 g/mol. The van der Waals surface area contributed by atoms with Crippen LogP contribution in [0.15, 0.2) is 10.6 Å². The van der Waals surface area contributed by atoms with Crippen molar-refractivity contribution < 1.29 is 19.2 Å². The molecule has 1 rings (SSSR count). The first kappa shape index (κ1) is 15.2. The molecule has 6 heteroatoms. The van der Waals surface area contributed by atoms with Crippen LogP contribution in [0.5, 0.6) is 0 Å². The summed E-state index contributed by atoms with van der Waals surface area (Å²) >= 11 is 0. The number of nitrogens with zero attached hydrogens (tertiary/aromatic N) is 1. The van der Waals surface area contributed by atoms with Crippen molar-refractivity contribution >= 4 is 11.9 Å². The summed E-state index contributed by atoms with van der Waals surface area (Å²) in [6, 6.07) is 1.69. The Morgan fingerprint density at radius 1 is 1.42 bits per heavy atom. The molecule has 0 aliphatic rings. The maximum absolute atomic E-state index is 12.0. The molecule has 6 nitrogen and oxygen atoms in total. The number of carboxylic acids is 1. The van der Waals surface area contributed by atoms with Crippen LogP contribution in [-0.4, -0.2) is 27.7 Å². The van der Waals surface area contributed by atoms with Gasteiger partial charge in [-0.05, 0) is 19.8 Å². The second-order valence-electron chi connectivity index (χ2n) is 4.71. The number of nitrogens with one attached hydrogen (secondary N) is 1. The maximum Gasteiger partial charge on any atom is 0.305 e. The summed E-state index contributed by atoms with van der Waals surface area (Å²) in [5.74, 6) is -0.509. The minimum Gasteiger partial charge on any atom is -0.481 e. The van der Waals surface area contributed by atoms with Gasteiger partial charge in [-0.2, -0.15) is 0 Å². The fourth-order valence-electron chi connectivity index (χ4n) is 2.02. The fraction of sp³-hybridized carbons (Fsp3) is 0.615. The number of aryl methyl sites for hydroxylation is 1. The van der Waals surface area contributed by atoms with Crippen molar-refractivity contribution in [1.29, 1.82) is 0 Å². The number of amides is 1. The van der Waals surface area contributed by atoms with Crippen LogP contribution in [-0.2, 0) is 16.0 Å². The predicted octanol–water partition coefficient (Wildman–Crippen LogP) is 1.68. The summed E-state index contributed by atoms with van der Waals surface area (Å²) in [6.45, 7) is 5.49. The molecule has 1 aromatic rings. The number of carboxylic acid groups (broad SMARTS) is 1. The van der Waals surface area contributed by atoms with E-state index in [0.29, 0.717) is 24.3 Å². The Bertz CT molecular complexity index is 449. The van der Waals surface area contributed by atoms with Crippen molar-refractivity contribution in [3.05, 3.63) is 17.5 Å². The summed E-state index contributed by atoms with van der Waals surface area (Å²) in [5, 5.41) is 15.5. The lowest BCUT2D eigenvalue weighted by Gasteiger charge is -2.31. The van der Waals surface area contributed by atoms with Crippen molar-refractivity contribution in [2.24, 2.45) is 0 Å². The lowest BCUT2D eigenvalue weighted by Crippen LogP contribution is -2.49. The highest BCUT2D eigenvalue weighted by Gasteiger charge is 2.31. The van der Waals surface area contributed by atoms with E-state index in [1.807, 2.05) is 13.8 Å². The summed E-state index contributed by atoms with van der Waals surface area (Å²) in [7, 11) is 0. The molecule has 0 bridgehead atoms. The molecule has 0 aromatic carbocycles. The molecule has 0 unspecified atom stereocenters. The van der Waals surface area contributed by atoms with Crippen LogP contribution in [0.1, 0.15) is 44.6 Å².